The van der Waals surface area contributed by atoms with Gasteiger partial charge in [-0.3, -0.25) is 4.79 Å². The second-order valence-electron chi connectivity index (χ2n) is 7.36. The largest absolute Gasteiger partial charge is 0.433 e. The lowest BCUT2D eigenvalue weighted by atomic mass is 9.90. The molecule has 0 spiro atoms. The molecule has 1 aliphatic carbocycles. The van der Waals surface area contributed by atoms with Crippen molar-refractivity contribution in [2.75, 3.05) is 5.32 Å². The van der Waals surface area contributed by atoms with E-state index in [-0.39, 0.29) is 38.6 Å². The normalized spacial score (nSPS) is 19.4. The Morgan fingerprint density at radius 3 is 2.61 bits per heavy atom. The number of nitrogens with one attached hydrogen (secondary N) is 2. The number of carbonyl (C=O) groups excluding carboxylic acids is 1. The van der Waals surface area contributed by atoms with Crippen LogP contribution in [-0.2, 0) is 6.18 Å². The van der Waals surface area contributed by atoms with Gasteiger partial charge >= 0.3 is 6.18 Å². The van der Waals surface area contributed by atoms with Crippen LogP contribution in [0.2, 0.25) is 10.2 Å². The van der Waals surface area contributed by atoms with Crippen LogP contribution < -0.4 is 10.6 Å². The molecule has 2 aromatic heterocycles. The predicted octanol–water partition coefficient (Wildman–Crippen LogP) is 6.17. The number of hydrogen-bond acceptors (Lipinski definition) is 5. The van der Waals surface area contributed by atoms with Crippen molar-refractivity contribution in [3.63, 3.8) is 0 Å². The Morgan fingerprint density at radius 2 is 1.90 bits per heavy atom. The highest BCUT2D eigenvalue weighted by atomic mass is 35.5. The summed E-state index contributed by atoms with van der Waals surface area (Å²) in [7, 11) is 0. The molecule has 0 bridgehead atoms. The van der Waals surface area contributed by atoms with Gasteiger partial charge in [-0.2, -0.15) is 17.5 Å². The first-order valence-electron chi connectivity index (χ1n) is 9.57. The van der Waals surface area contributed by atoms with Crippen molar-refractivity contribution in [2.45, 2.75) is 43.9 Å². The number of pyridine rings is 1. The van der Waals surface area contributed by atoms with Crippen molar-refractivity contribution in [3.05, 3.63) is 51.1 Å². The van der Waals surface area contributed by atoms with Crippen molar-refractivity contribution < 1.29 is 18.0 Å². The molecular weight excluding hydrogens is 472 g/mol. The van der Waals surface area contributed by atoms with E-state index in [9.17, 15) is 18.0 Å². The summed E-state index contributed by atoms with van der Waals surface area (Å²) in [4.78, 5) is 16.5. The fourth-order valence-electron chi connectivity index (χ4n) is 3.76. The zero-order chi connectivity index (χ0) is 22.2. The monoisotopic (exact) mass is 488 g/mol. The molecule has 3 aromatic rings. The number of anilines is 1. The standard InChI is InChI=1S/C20H17Cl2F3N4OS/c21-16-17(31-29-18(16)22)19(30)27-11-5-3-4-10(8-11)26-14-9-15(20(23,24)25)28-13-7-2-1-6-12(13)14/h1-2,6-7,9-11H,3-5,8H2,(H,26,28)(H,27,30)/t10-,11+/m0/s1. The summed E-state index contributed by atoms with van der Waals surface area (Å²) in [5.41, 5.74) is -0.282. The number of aromatic nitrogens is 2. The first-order chi connectivity index (χ1) is 14.7. The highest BCUT2D eigenvalue weighted by molar-refractivity contribution is 7.09. The van der Waals surface area contributed by atoms with Gasteiger partial charge in [0.1, 0.15) is 15.6 Å². The third-order valence-corrected chi connectivity index (χ3v) is 6.98. The summed E-state index contributed by atoms with van der Waals surface area (Å²) < 4.78 is 43.8. The topological polar surface area (TPSA) is 66.9 Å². The number of hydrogen-bond donors (Lipinski definition) is 2. The molecule has 0 aliphatic heterocycles. The van der Waals surface area contributed by atoms with Crippen LogP contribution in [0.4, 0.5) is 18.9 Å². The summed E-state index contributed by atoms with van der Waals surface area (Å²) in [6.45, 7) is 0. The molecule has 0 unspecified atom stereocenters. The highest BCUT2D eigenvalue weighted by Crippen LogP contribution is 2.34. The van der Waals surface area contributed by atoms with Crippen LogP contribution in [0.1, 0.15) is 41.0 Å². The Morgan fingerprint density at radius 1 is 1.16 bits per heavy atom. The molecule has 1 aromatic carbocycles. The van der Waals surface area contributed by atoms with Gasteiger partial charge in [0, 0.05) is 23.2 Å². The zero-order valence-electron chi connectivity index (χ0n) is 16.0. The van der Waals surface area contributed by atoms with Crippen molar-refractivity contribution in [1.82, 2.24) is 14.7 Å². The van der Waals surface area contributed by atoms with Gasteiger partial charge in [-0.1, -0.05) is 41.4 Å². The van der Waals surface area contributed by atoms with Crippen LogP contribution in [0.5, 0.6) is 0 Å². The number of nitrogens with zero attached hydrogens (tertiary/aromatic N) is 2. The van der Waals surface area contributed by atoms with Crippen LogP contribution in [0.15, 0.2) is 30.3 Å². The maximum absolute atomic E-state index is 13.3. The van der Waals surface area contributed by atoms with Gasteiger partial charge < -0.3 is 10.6 Å². The van der Waals surface area contributed by atoms with E-state index in [1.54, 1.807) is 24.3 Å². The van der Waals surface area contributed by atoms with Crippen molar-refractivity contribution in [1.29, 1.82) is 0 Å². The quantitative estimate of drug-likeness (QED) is 0.460. The predicted molar refractivity (Wildman–Crippen MR) is 116 cm³/mol. The number of benzene rings is 1. The zero-order valence-corrected chi connectivity index (χ0v) is 18.3. The summed E-state index contributed by atoms with van der Waals surface area (Å²) >= 11 is 12.8. The molecule has 1 fully saturated rings. The van der Waals surface area contributed by atoms with Crippen LogP contribution >= 0.6 is 34.7 Å². The molecular formula is C20H17Cl2F3N4OS. The third kappa shape index (κ3) is 4.88. The number of rotatable bonds is 4. The summed E-state index contributed by atoms with van der Waals surface area (Å²) in [6.07, 6.45) is -1.63. The van der Waals surface area contributed by atoms with Gasteiger partial charge in [0.2, 0.25) is 0 Å². The highest BCUT2D eigenvalue weighted by Gasteiger charge is 2.34. The molecule has 164 valence electrons. The van der Waals surface area contributed by atoms with Gasteiger partial charge in [-0.05, 0) is 49.3 Å². The lowest BCUT2D eigenvalue weighted by Crippen LogP contribution is -2.41. The van der Waals surface area contributed by atoms with Crippen LogP contribution in [0.3, 0.4) is 0 Å². The number of alkyl halides is 3. The van der Waals surface area contributed by atoms with Crippen LogP contribution in [0, 0.1) is 0 Å². The van der Waals surface area contributed by atoms with E-state index in [2.05, 4.69) is 20.0 Å². The molecule has 5 nitrogen and oxygen atoms in total. The van der Waals surface area contributed by atoms with E-state index < -0.39 is 11.9 Å². The van der Waals surface area contributed by atoms with Crippen LogP contribution in [0.25, 0.3) is 10.9 Å². The van der Waals surface area contributed by atoms with Crippen molar-refractivity contribution in [2.24, 2.45) is 0 Å². The number of fused-ring (bicyclic) bond motifs is 1. The lowest BCUT2D eigenvalue weighted by Gasteiger charge is -2.31. The number of amides is 1. The molecule has 0 saturated heterocycles. The maximum Gasteiger partial charge on any atom is 0.433 e. The van der Waals surface area contributed by atoms with E-state index in [1.165, 1.54) is 0 Å². The Kier molecular flexibility index (Phi) is 6.27. The molecule has 1 aliphatic rings. The van der Waals surface area contributed by atoms with E-state index >= 15 is 0 Å². The molecule has 31 heavy (non-hydrogen) atoms. The molecule has 2 heterocycles. The van der Waals surface area contributed by atoms with Crippen molar-refractivity contribution in [3.8, 4) is 0 Å². The fourth-order valence-corrected chi connectivity index (χ4v) is 4.88. The molecule has 0 radical (unpaired) electrons. The summed E-state index contributed by atoms with van der Waals surface area (Å²) in [6, 6.07) is 7.51. The Bertz CT molecular complexity index is 1120. The molecule has 2 atom stereocenters. The van der Waals surface area contributed by atoms with Gasteiger partial charge in [0.05, 0.1) is 5.52 Å². The Balaban J connectivity index is 1.51. The number of para-hydroxylation sites is 1. The molecule has 1 saturated carbocycles. The molecule has 1 amide bonds. The Labute approximate surface area is 190 Å². The molecule has 11 heteroatoms. The molecule has 2 N–H and O–H groups in total. The van der Waals surface area contributed by atoms with Crippen LogP contribution in [-0.4, -0.2) is 27.3 Å². The molecule has 4 rings (SSSR count). The number of carbonyl (C=O) groups is 1. The summed E-state index contributed by atoms with van der Waals surface area (Å²) in [5, 5.41) is 7.01. The van der Waals surface area contributed by atoms with E-state index in [0.29, 0.717) is 17.5 Å². The minimum Gasteiger partial charge on any atom is -0.382 e. The van der Waals surface area contributed by atoms with E-state index in [0.717, 1.165) is 36.9 Å². The minimum absolute atomic E-state index is 0.0880. The van der Waals surface area contributed by atoms with Crippen molar-refractivity contribution >= 4 is 57.2 Å². The number of halogens is 5. The first-order valence-corrected chi connectivity index (χ1v) is 11.1. The SMILES string of the molecule is O=C(N[C@@H]1CCC[C@H](Nc2cc(C(F)(F)F)nc3ccccc23)C1)c1snc(Cl)c1Cl. The van der Waals surface area contributed by atoms with Gasteiger partial charge in [0.15, 0.2) is 5.15 Å². The smallest absolute Gasteiger partial charge is 0.382 e. The summed E-state index contributed by atoms with van der Waals surface area (Å²) in [5.74, 6) is -0.353. The fraction of sp³-hybridized carbons (Fsp3) is 0.350. The third-order valence-electron chi connectivity index (χ3n) is 5.18. The second kappa shape index (κ2) is 8.80. The second-order valence-corrected chi connectivity index (χ2v) is 8.87. The maximum atomic E-state index is 13.3. The first kappa shape index (κ1) is 22.1. The average Bonchev–Trinajstić information content (AvgIpc) is 3.06. The van der Waals surface area contributed by atoms with Gasteiger partial charge in [0.25, 0.3) is 5.91 Å². The van der Waals surface area contributed by atoms with Gasteiger partial charge in [-0.15, -0.1) is 0 Å². The van der Waals surface area contributed by atoms with E-state index in [1.807, 2.05) is 0 Å². The van der Waals surface area contributed by atoms with E-state index in [4.69, 9.17) is 23.2 Å². The Hall–Kier alpha value is -2.10. The average molecular weight is 489 g/mol. The lowest BCUT2D eigenvalue weighted by molar-refractivity contribution is -0.140. The van der Waals surface area contributed by atoms with Gasteiger partial charge in [-0.25, -0.2) is 4.98 Å². The minimum atomic E-state index is -4.54.